The van der Waals surface area contributed by atoms with Crippen LogP contribution in [-0.4, -0.2) is 24.7 Å². The summed E-state index contributed by atoms with van der Waals surface area (Å²) in [5.74, 6) is 0.917. The minimum Gasteiger partial charge on any atom is -0.496 e. The first kappa shape index (κ1) is 19.2. The highest BCUT2D eigenvalue weighted by Crippen LogP contribution is 2.23. The Bertz CT molecular complexity index is 750. The lowest BCUT2D eigenvalue weighted by atomic mass is 10.2. The molecular formula is C18H19BrN2O3S. The second-order valence-corrected chi connectivity index (χ2v) is 6.45. The minimum absolute atomic E-state index is 0.203. The van der Waals surface area contributed by atoms with E-state index in [1.807, 2.05) is 24.3 Å². The van der Waals surface area contributed by atoms with Crippen LogP contribution in [0.4, 0.5) is 5.69 Å². The van der Waals surface area contributed by atoms with E-state index >= 15 is 0 Å². The van der Waals surface area contributed by atoms with E-state index in [1.54, 1.807) is 18.2 Å². The third kappa shape index (κ3) is 5.72. The first-order chi connectivity index (χ1) is 12.0. The third-order valence-corrected chi connectivity index (χ3v) is 3.92. The molecule has 0 unspecified atom stereocenters. The molecule has 0 aliphatic rings. The number of amides is 1. The quantitative estimate of drug-likeness (QED) is 0.676. The van der Waals surface area contributed by atoms with Crippen LogP contribution >= 0.6 is 28.1 Å². The second-order valence-electron chi connectivity index (χ2n) is 5.13. The molecule has 1 amide bonds. The fourth-order valence-electron chi connectivity index (χ4n) is 2.04. The van der Waals surface area contributed by atoms with Gasteiger partial charge in [0, 0.05) is 10.2 Å². The molecule has 0 aliphatic carbocycles. The normalized spacial score (nSPS) is 10.0. The smallest absolute Gasteiger partial charge is 0.261 e. The Morgan fingerprint density at radius 1 is 1.20 bits per heavy atom. The summed E-state index contributed by atoms with van der Waals surface area (Å²) in [4.78, 5) is 12.4. The summed E-state index contributed by atoms with van der Waals surface area (Å²) < 4.78 is 11.5. The van der Waals surface area contributed by atoms with E-state index < -0.39 is 0 Å². The van der Waals surface area contributed by atoms with E-state index in [2.05, 4.69) is 33.5 Å². The van der Waals surface area contributed by atoms with Crippen LogP contribution in [0.25, 0.3) is 0 Å². The van der Waals surface area contributed by atoms with Crippen LogP contribution in [0.1, 0.15) is 23.7 Å². The first-order valence-electron chi connectivity index (χ1n) is 7.72. The monoisotopic (exact) mass is 422 g/mol. The zero-order valence-corrected chi connectivity index (χ0v) is 16.4. The maximum Gasteiger partial charge on any atom is 0.261 e. The van der Waals surface area contributed by atoms with Gasteiger partial charge in [-0.05, 0) is 61.1 Å². The van der Waals surface area contributed by atoms with E-state index in [-0.39, 0.29) is 11.0 Å². The minimum atomic E-state index is -0.349. The number of carbonyl (C=O) groups is 1. The van der Waals surface area contributed by atoms with Crippen LogP contribution < -0.4 is 20.1 Å². The van der Waals surface area contributed by atoms with Crippen LogP contribution in [0.3, 0.4) is 0 Å². The summed E-state index contributed by atoms with van der Waals surface area (Å²) in [5.41, 5.74) is 1.15. The van der Waals surface area contributed by atoms with Gasteiger partial charge in [0.2, 0.25) is 0 Å². The second kappa shape index (κ2) is 9.39. The number of nitrogens with one attached hydrogen (secondary N) is 2. The van der Waals surface area contributed by atoms with Gasteiger partial charge in [-0.15, -0.1) is 0 Å². The van der Waals surface area contributed by atoms with Gasteiger partial charge >= 0.3 is 0 Å². The highest BCUT2D eigenvalue weighted by molar-refractivity contribution is 9.10. The topological polar surface area (TPSA) is 59.6 Å². The molecular weight excluding hydrogens is 404 g/mol. The number of benzene rings is 2. The van der Waals surface area contributed by atoms with Gasteiger partial charge in [-0.25, -0.2) is 0 Å². The number of carbonyl (C=O) groups excluding carboxylic acids is 1. The molecule has 0 fully saturated rings. The van der Waals surface area contributed by atoms with Crippen LogP contribution in [-0.2, 0) is 0 Å². The third-order valence-electron chi connectivity index (χ3n) is 3.22. The summed E-state index contributed by atoms with van der Waals surface area (Å²) in [6, 6.07) is 12.6. The largest absolute Gasteiger partial charge is 0.496 e. The Morgan fingerprint density at radius 2 is 1.92 bits per heavy atom. The van der Waals surface area contributed by atoms with Gasteiger partial charge in [0.1, 0.15) is 11.5 Å². The molecule has 0 saturated heterocycles. The van der Waals surface area contributed by atoms with Crippen molar-refractivity contribution in [1.29, 1.82) is 0 Å². The van der Waals surface area contributed by atoms with Crippen molar-refractivity contribution in [1.82, 2.24) is 5.32 Å². The van der Waals surface area contributed by atoms with Gasteiger partial charge in [-0.1, -0.05) is 22.9 Å². The van der Waals surface area contributed by atoms with Crippen LogP contribution in [0.15, 0.2) is 46.9 Å². The van der Waals surface area contributed by atoms with Gasteiger partial charge in [0.25, 0.3) is 5.91 Å². The Kier molecular flexibility index (Phi) is 7.21. The van der Waals surface area contributed by atoms with Crippen molar-refractivity contribution < 1.29 is 14.3 Å². The summed E-state index contributed by atoms with van der Waals surface area (Å²) in [6.45, 7) is 2.73. The molecule has 0 spiro atoms. The summed E-state index contributed by atoms with van der Waals surface area (Å²) in [5, 5.41) is 5.82. The average Bonchev–Trinajstić information content (AvgIpc) is 2.61. The van der Waals surface area contributed by atoms with E-state index in [4.69, 9.17) is 21.7 Å². The van der Waals surface area contributed by atoms with Crippen molar-refractivity contribution >= 4 is 44.9 Å². The van der Waals surface area contributed by atoms with Crippen LogP contribution in [0.2, 0.25) is 0 Å². The molecule has 132 valence electrons. The molecule has 2 rings (SSSR count). The molecule has 2 aromatic carbocycles. The number of thiocarbonyl (C=S) groups is 1. The van der Waals surface area contributed by atoms with E-state index in [1.165, 1.54) is 7.11 Å². The maximum atomic E-state index is 12.4. The maximum absolute atomic E-state index is 12.4. The van der Waals surface area contributed by atoms with Crippen molar-refractivity contribution in [3.8, 4) is 11.5 Å². The van der Waals surface area contributed by atoms with Gasteiger partial charge in [-0.3, -0.25) is 10.1 Å². The van der Waals surface area contributed by atoms with Crippen molar-refractivity contribution in [2.24, 2.45) is 0 Å². The number of anilines is 1. The Balaban J connectivity index is 1.98. The van der Waals surface area contributed by atoms with Crippen molar-refractivity contribution in [3.63, 3.8) is 0 Å². The summed E-state index contributed by atoms with van der Waals surface area (Å²) in [7, 11) is 1.51. The lowest BCUT2D eigenvalue weighted by Crippen LogP contribution is -2.34. The highest BCUT2D eigenvalue weighted by atomic mass is 79.9. The Morgan fingerprint density at radius 3 is 2.56 bits per heavy atom. The van der Waals surface area contributed by atoms with Gasteiger partial charge in [-0.2, -0.15) is 0 Å². The molecule has 0 heterocycles. The Labute approximate surface area is 160 Å². The van der Waals surface area contributed by atoms with Crippen molar-refractivity contribution in [2.75, 3.05) is 19.0 Å². The highest BCUT2D eigenvalue weighted by Gasteiger charge is 2.14. The molecule has 5 nitrogen and oxygen atoms in total. The zero-order valence-electron chi connectivity index (χ0n) is 14.0. The molecule has 0 bridgehead atoms. The van der Waals surface area contributed by atoms with Crippen molar-refractivity contribution in [3.05, 3.63) is 52.5 Å². The first-order valence-corrected chi connectivity index (χ1v) is 8.92. The van der Waals surface area contributed by atoms with Gasteiger partial charge < -0.3 is 14.8 Å². The number of rotatable bonds is 6. The molecule has 2 aromatic rings. The van der Waals surface area contributed by atoms with Crippen molar-refractivity contribution in [2.45, 2.75) is 13.3 Å². The molecule has 25 heavy (non-hydrogen) atoms. The lowest BCUT2D eigenvalue weighted by molar-refractivity contribution is 0.0974. The number of hydrogen-bond donors (Lipinski definition) is 2. The van der Waals surface area contributed by atoms with Gasteiger partial charge in [0.15, 0.2) is 5.11 Å². The molecule has 7 heteroatoms. The molecule has 0 atom stereocenters. The van der Waals surface area contributed by atoms with Crippen LogP contribution in [0.5, 0.6) is 11.5 Å². The predicted molar refractivity (Wildman–Crippen MR) is 107 cm³/mol. The summed E-state index contributed by atoms with van der Waals surface area (Å²) >= 11 is 8.54. The van der Waals surface area contributed by atoms with Crippen LogP contribution in [0, 0.1) is 0 Å². The lowest BCUT2D eigenvalue weighted by Gasteiger charge is -2.12. The van der Waals surface area contributed by atoms with Gasteiger partial charge in [0.05, 0.1) is 19.3 Å². The van der Waals surface area contributed by atoms with E-state index in [0.29, 0.717) is 17.9 Å². The summed E-state index contributed by atoms with van der Waals surface area (Å²) in [6.07, 6.45) is 0.954. The SMILES string of the molecule is CCCOc1ccc(NC(=S)NC(=O)c2cc(Br)ccc2OC)cc1. The molecule has 0 radical (unpaired) electrons. The van der Waals surface area contributed by atoms with E-state index in [9.17, 15) is 4.79 Å². The molecule has 0 aliphatic heterocycles. The Hall–Kier alpha value is -2.12. The average molecular weight is 423 g/mol. The van der Waals surface area contributed by atoms with E-state index in [0.717, 1.165) is 22.3 Å². The standard InChI is InChI=1S/C18H19BrN2O3S/c1-3-10-24-14-7-5-13(6-8-14)20-18(25)21-17(22)15-11-12(19)4-9-16(15)23-2/h4-9,11H,3,10H2,1-2H3,(H2,20,21,22,25). The fraction of sp³-hybridized carbons (Fsp3) is 0.222. The molecule has 2 N–H and O–H groups in total. The number of methoxy groups -OCH3 is 1. The molecule has 0 saturated carbocycles. The number of ether oxygens (including phenoxy) is 2. The number of hydrogen-bond acceptors (Lipinski definition) is 4. The predicted octanol–water partition coefficient (Wildman–Crippen LogP) is 4.37. The fourth-order valence-corrected chi connectivity index (χ4v) is 2.62. The molecule has 0 aromatic heterocycles. The number of halogens is 1. The zero-order chi connectivity index (χ0) is 18.2.